The summed E-state index contributed by atoms with van der Waals surface area (Å²) < 4.78 is 34.0. The lowest BCUT2D eigenvalue weighted by molar-refractivity contribution is -0.113. The number of Topliss-reactive ketones (excluding diaryl/α,β-unsaturated/α-hetero) is 1. The van der Waals surface area contributed by atoms with Gasteiger partial charge in [0.2, 0.25) is 0 Å². The highest BCUT2D eigenvalue weighted by Gasteiger charge is 2.29. The number of methoxy groups -OCH3 is 1. The van der Waals surface area contributed by atoms with E-state index in [-0.39, 0.29) is 28.9 Å². The van der Waals surface area contributed by atoms with E-state index in [4.69, 9.17) is 4.74 Å². The molecule has 0 aliphatic carbocycles. The van der Waals surface area contributed by atoms with Crippen molar-refractivity contribution in [2.45, 2.75) is 23.7 Å². The Balaban J connectivity index is 1.56. The van der Waals surface area contributed by atoms with Crippen LogP contribution in [0.4, 0.5) is 5.69 Å². The van der Waals surface area contributed by atoms with Gasteiger partial charge in [-0.05, 0) is 29.7 Å². The highest BCUT2D eigenvalue weighted by Crippen LogP contribution is 2.32. The van der Waals surface area contributed by atoms with E-state index in [0.29, 0.717) is 17.9 Å². The molecule has 0 radical (unpaired) electrons. The first kappa shape index (κ1) is 20.8. The lowest BCUT2D eigenvalue weighted by Crippen LogP contribution is -2.29. The second-order valence-corrected chi connectivity index (χ2v) is 8.81. The van der Waals surface area contributed by atoms with Crippen molar-refractivity contribution < 1.29 is 17.9 Å². The van der Waals surface area contributed by atoms with Crippen molar-refractivity contribution >= 4 is 27.3 Å². The van der Waals surface area contributed by atoms with Crippen LogP contribution in [0.2, 0.25) is 0 Å². The fraction of sp³-hybridized carbons (Fsp3) is 0.167. The van der Waals surface area contributed by atoms with E-state index in [0.717, 1.165) is 11.1 Å². The minimum Gasteiger partial charge on any atom is -0.497 e. The molecule has 6 nitrogen and oxygen atoms in total. The molecule has 3 aromatic rings. The van der Waals surface area contributed by atoms with Crippen molar-refractivity contribution in [3.05, 3.63) is 90.0 Å². The van der Waals surface area contributed by atoms with Crippen molar-refractivity contribution in [3.8, 4) is 5.75 Å². The van der Waals surface area contributed by atoms with Gasteiger partial charge >= 0.3 is 0 Å². The predicted octanol–water partition coefficient (Wildman–Crippen LogP) is 4.39. The van der Waals surface area contributed by atoms with E-state index in [9.17, 15) is 13.2 Å². The van der Waals surface area contributed by atoms with E-state index in [1.165, 1.54) is 13.2 Å². The largest absolute Gasteiger partial charge is 0.497 e. The minimum absolute atomic E-state index is 0.00477. The van der Waals surface area contributed by atoms with Gasteiger partial charge in [0.15, 0.2) is 11.6 Å². The average Bonchev–Trinajstić information content (AvgIpc) is 2.80. The van der Waals surface area contributed by atoms with Crippen molar-refractivity contribution in [2.75, 3.05) is 12.4 Å². The van der Waals surface area contributed by atoms with Crippen LogP contribution < -0.4 is 10.1 Å². The minimum atomic E-state index is -3.99. The molecule has 0 unspecified atom stereocenters. The number of hydrogen-bond donors (Lipinski definition) is 1. The van der Waals surface area contributed by atoms with Gasteiger partial charge in [0.05, 0.1) is 12.8 Å². The Morgan fingerprint density at radius 1 is 0.968 bits per heavy atom. The third kappa shape index (κ3) is 4.51. The zero-order chi connectivity index (χ0) is 21.8. The molecule has 31 heavy (non-hydrogen) atoms. The molecule has 0 aromatic heterocycles. The number of carbonyl (C=O) groups excluding carboxylic acids is 1. The third-order valence-electron chi connectivity index (χ3n) is 5.26. The Morgan fingerprint density at radius 2 is 1.58 bits per heavy atom. The third-order valence-corrected chi connectivity index (χ3v) is 6.58. The fourth-order valence-corrected chi connectivity index (χ4v) is 4.83. The first-order chi connectivity index (χ1) is 15.0. The number of hydrogen-bond acceptors (Lipinski definition) is 5. The van der Waals surface area contributed by atoms with Crippen LogP contribution in [0.15, 0.2) is 88.2 Å². The van der Waals surface area contributed by atoms with E-state index in [1.807, 2.05) is 60.7 Å². The molecule has 0 fully saturated rings. The first-order valence-electron chi connectivity index (χ1n) is 9.91. The lowest BCUT2D eigenvalue weighted by Gasteiger charge is -2.20. The van der Waals surface area contributed by atoms with Gasteiger partial charge in [0.1, 0.15) is 10.6 Å². The molecular formula is C24H22N2O4S. The van der Waals surface area contributed by atoms with Gasteiger partial charge < -0.3 is 10.1 Å². The summed E-state index contributed by atoms with van der Waals surface area (Å²) in [4.78, 5) is 12.9. The Labute approximate surface area is 181 Å². The van der Waals surface area contributed by atoms with E-state index in [1.54, 1.807) is 12.1 Å². The van der Waals surface area contributed by atoms with Crippen LogP contribution >= 0.6 is 0 Å². The molecule has 1 heterocycles. The van der Waals surface area contributed by atoms with Crippen LogP contribution in [-0.4, -0.2) is 27.1 Å². The summed E-state index contributed by atoms with van der Waals surface area (Å²) in [6.07, 6.45) is 0.685. The summed E-state index contributed by atoms with van der Waals surface area (Å²) in [6, 6.07) is 24.5. The van der Waals surface area contributed by atoms with E-state index < -0.39 is 10.0 Å². The van der Waals surface area contributed by atoms with Gasteiger partial charge in [-0.1, -0.05) is 60.7 Å². The van der Waals surface area contributed by atoms with Crippen molar-refractivity contribution in [1.29, 1.82) is 0 Å². The normalized spacial score (nSPS) is 14.3. The van der Waals surface area contributed by atoms with Gasteiger partial charge in [-0.2, -0.15) is 8.42 Å². The molecule has 0 amide bonds. The maximum atomic E-state index is 12.9. The van der Waals surface area contributed by atoms with Crippen LogP contribution in [0.25, 0.3) is 0 Å². The summed E-state index contributed by atoms with van der Waals surface area (Å²) in [6.45, 7) is 0. The second-order valence-electron chi connectivity index (χ2n) is 7.24. The number of nitrogens with zero attached hydrogens (tertiary/aromatic N) is 1. The Bertz CT molecular complexity index is 1180. The van der Waals surface area contributed by atoms with Crippen LogP contribution in [0.1, 0.15) is 29.9 Å². The lowest BCUT2D eigenvalue weighted by atomic mass is 9.87. The first-order valence-corrected chi connectivity index (χ1v) is 11.3. The van der Waals surface area contributed by atoms with E-state index >= 15 is 0 Å². The highest BCUT2D eigenvalue weighted by molar-refractivity contribution is 7.90. The zero-order valence-corrected chi connectivity index (χ0v) is 17.8. The maximum Gasteiger partial charge on any atom is 0.286 e. The summed E-state index contributed by atoms with van der Waals surface area (Å²) in [7, 11) is -2.53. The van der Waals surface area contributed by atoms with Gasteiger partial charge in [-0.25, -0.2) is 0 Å². The molecule has 0 spiro atoms. The summed E-state index contributed by atoms with van der Waals surface area (Å²) in [5, 5.41) is 2.87. The Kier molecular flexibility index (Phi) is 5.86. The van der Waals surface area contributed by atoms with Gasteiger partial charge in [-0.3, -0.25) is 4.79 Å². The fourth-order valence-electron chi connectivity index (χ4n) is 3.68. The average molecular weight is 435 g/mol. The van der Waals surface area contributed by atoms with Crippen molar-refractivity contribution in [3.63, 3.8) is 0 Å². The molecule has 7 heteroatoms. The second kappa shape index (κ2) is 8.73. The number of sulfonamides is 1. The number of amidine groups is 1. The van der Waals surface area contributed by atoms with Crippen LogP contribution in [0.5, 0.6) is 5.75 Å². The predicted molar refractivity (Wildman–Crippen MR) is 120 cm³/mol. The molecule has 1 aliphatic heterocycles. The van der Waals surface area contributed by atoms with Gasteiger partial charge in [-0.15, -0.1) is 4.40 Å². The molecule has 158 valence electrons. The number of nitrogens with one attached hydrogen (secondary N) is 1. The van der Waals surface area contributed by atoms with E-state index in [2.05, 4.69) is 9.71 Å². The number of ether oxygens (including phenoxy) is 1. The summed E-state index contributed by atoms with van der Waals surface area (Å²) in [5.41, 5.74) is 2.53. The highest BCUT2D eigenvalue weighted by atomic mass is 32.2. The maximum absolute atomic E-state index is 12.9. The molecule has 1 aliphatic rings. The molecule has 4 rings (SSSR count). The number of ketones is 1. The smallest absolute Gasteiger partial charge is 0.286 e. The number of rotatable bonds is 7. The van der Waals surface area contributed by atoms with Crippen molar-refractivity contribution in [2.24, 2.45) is 4.40 Å². The number of benzene rings is 3. The molecule has 0 bridgehead atoms. The van der Waals surface area contributed by atoms with Crippen molar-refractivity contribution in [1.82, 2.24) is 0 Å². The summed E-state index contributed by atoms with van der Waals surface area (Å²) >= 11 is 0. The Hall–Kier alpha value is -3.45. The monoisotopic (exact) mass is 434 g/mol. The van der Waals surface area contributed by atoms with Crippen LogP contribution in [0.3, 0.4) is 0 Å². The topological polar surface area (TPSA) is 84.8 Å². The van der Waals surface area contributed by atoms with Crippen LogP contribution in [0, 0.1) is 0 Å². The zero-order valence-electron chi connectivity index (χ0n) is 17.0. The molecule has 0 saturated heterocycles. The molecule has 3 aromatic carbocycles. The summed E-state index contributed by atoms with van der Waals surface area (Å²) in [5.74, 6) is -0.0780. The number of anilines is 1. The molecule has 0 saturated carbocycles. The molecule has 1 N–H and O–H groups in total. The Morgan fingerprint density at radius 3 is 2.16 bits per heavy atom. The number of fused-ring (bicyclic) bond motifs is 1. The molecule has 0 atom stereocenters. The number of carbonyl (C=O) groups is 1. The SMILES string of the molecule is COc1ccc2c(c1)S(=O)(=O)N=C(C(=O)CCC(c1ccccc1)c1ccccc1)N2. The van der Waals surface area contributed by atoms with Gasteiger partial charge in [0.25, 0.3) is 10.0 Å². The quantitative estimate of drug-likeness (QED) is 0.596. The van der Waals surface area contributed by atoms with Gasteiger partial charge in [0, 0.05) is 18.4 Å². The van der Waals surface area contributed by atoms with Crippen LogP contribution in [-0.2, 0) is 14.8 Å². The molecular weight excluding hydrogens is 412 g/mol. The standard InChI is InChI=1S/C24H22N2O4S/c1-30-19-12-14-21-23(16-19)31(28,29)26-24(25-21)22(27)15-13-20(17-8-4-2-5-9-17)18-10-6-3-7-11-18/h2-12,14,16,20H,13,15H2,1H3,(H,25,26).